The highest BCUT2D eigenvalue weighted by molar-refractivity contribution is 7.13. The van der Waals surface area contributed by atoms with Gasteiger partial charge in [0.1, 0.15) is 0 Å². The number of fused-ring (bicyclic) bond motifs is 2. The first-order chi connectivity index (χ1) is 17.7. The van der Waals surface area contributed by atoms with Crippen LogP contribution in [0.4, 0.5) is 13.2 Å². The van der Waals surface area contributed by atoms with E-state index in [1.807, 2.05) is 0 Å². The summed E-state index contributed by atoms with van der Waals surface area (Å²) in [7, 11) is 1.75. The number of aromatic nitrogens is 1. The molecule has 11 heteroatoms. The number of halogens is 3. The SMILES string of the molecule is CN1Cc2c(C(=O)NC3CCC(CCN4CCc5sc(OCC(F)(F)F)nc5C4)CC3)cccc2C1=O. The highest BCUT2D eigenvalue weighted by Crippen LogP contribution is 2.32. The molecule has 200 valence electrons. The number of carbonyl (C=O) groups excluding carboxylic acids is 2. The Balaban J connectivity index is 1.06. The Labute approximate surface area is 218 Å². The van der Waals surface area contributed by atoms with Crippen molar-refractivity contribution in [2.75, 3.05) is 26.7 Å². The highest BCUT2D eigenvalue weighted by Gasteiger charge is 2.31. The average Bonchev–Trinajstić information content (AvgIpc) is 3.41. The monoisotopic (exact) mass is 536 g/mol. The Morgan fingerprint density at radius 3 is 2.76 bits per heavy atom. The van der Waals surface area contributed by atoms with Crippen LogP contribution >= 0.6 is 11.3 Å². The fourth-order valence-electron chi connectivity index (χ4n) is 5.53. The maximum absolute atomic E-state index is 13.0. The minimum atomic E-state index is -4.36. The zero-order chi connectivity index (χ0) is 26.2. The third-order valence-electron chi connectivity index (χ3n) is 7.57. The first-order valence-electron chi connectivity index (χ1n) is 12.7. The van der Waals surface area contributed by atoms with E-state index in [0.717, 1.165) is 67.7 Å². The lowest BCUT2D eigenvalue weighted by atomic mass is 9.83. The van der Waals surface area contributed by atoms with Gasteiger partial charge in [0.2, 0.25) is 0 Å². The Kier molecular flexibility index (Phi) is 7.44. The zero-order valence-corrected chi connectivity index (χ0v) is 21.6. The number of nitrogens with one attached hydrogen (secondary N) is 1. The average molecular weight is 537 g/mol. The van der Waals surface area contributed by atoms with Crippen molar-refractivity contribution in [3.63, 3.8) is 0 Å². The molecule has 0 spiro atoms. The summed E-state index contributed by atoms with van der Waals surface area (Å²) in [6, 6.07) is 5.48. The van der Waals surface area contributed by atoms with Crippen molar-refractivity contribution in [3.8, 4) is 5.19 Å². The lowest BCUT2D eigenvalue weighted by Gasteiger charge is -2.32. The van der Waals surface area contributed by atoms with Gasteiger partial charge in [-0.3, -0.25) is 14.5 Å². The van der Waals surface area contributed by atoms with Crippen molar-refractivity contribution in [1.29, 1.82) is 0 Å². The highest BCUT2D eigenvalue weighted by atomic mass is 32.1. The number of rotatable bonds is 7. The molecule has 7 nitrogen and oxygen atoms in total. The van der Waals surface area contributed by atoms with Crippen molar-refractivity contribution in [3.05, 3.63) is 45.5 Å². The minimum Gasteiger partial charge on any atom is -0.460 e. The number of alkyl halides is 3. The number of benzene rings is 1. The van der Waals surface area contributed by atoms with Gasteiger partial charge in [-0.25, -0.2) is 4.98 Å². The van der Waals surface area contributed by atoms with Gasteiger partial charge < -0.3 is 15.0 Å². The molecule has 1 saturated carbocycles. The molecule has 3 aliphatic rings. The molecule has 0 saturated heterocycles. The number of amides is 2. The van der Waals surface area contributed by atoms with E-state index in [9.17, 15) is 22.8 Å². The van der Waals surface area contributed by atoms with Crippen LogP contribution in [0.25, 0.3) is 0 Å². The van der Waals surface area contributed by atoms with Crippen LogP contribution in [0.1, 0.15) is 69.0 Å². The number of ether oxygens (including phenoxy) is 1. The molecule has 1 aromatic heterocycles. The van der Waals surface area contributed by atoms with E-state index in [4.69, 9.17) is 4.74 Å². The van der Waals surface area contributed by atoms with Crippen molar-refractivity contribution in [1.82, 2.24) is 20.1 Å². The van der Waals surface area contributed by atoms with Crippen molar-refractivity contribution in [2.24, 2.45) is 5.92 Å². The fourth-order valence-corrected chi connectivity index (χ4v) is 6.44. The molecule has 0 unspecified atom stereocenters. The summed E-state index contributed by atoms with van der Waals surface area (Å²) in [5, 5.41) is 3.29. The standard InChI is InChI=1S/C26H31F3N4O3S/c1-32-13-20-18(3-2-4-19(20)24(32)35)23(34)30-17-7-5-16(6-8-17)9-11-33-12-10-22-21(14-33)31-25(37-22)36-15-26(27,28)29/h2-4,16-17H,5-15H2,1H3,(H,30,34). The third kappa shape index (κ3) is 6.09. The first-order valence-corrected chi connectivity index (χ1v) is 13.6. The van der Waals surface area contributed by atoms with Gasteiger partial charge in [0, 0.05) is 48.7 Å². The summed E-state index contributed by atoms with van der Waals surface area (Å²) in [5.74, 6) is 0.442. The Morgan fingerprint density at radius 2 is 2.00 bits per heavy atom. The van der Waals surface area contributed by atoms with E-state index in [1.165, 1.54) is 11.3 Å². The summed E-state index contributed by atoms with van der Waals surface area (Å²) in [4.78, 5) is 34.5. The second kappa shape index (κ2) is 10.6. The normalized spacial score (nSPS) is 22.1. The molecule has 1 fully saturated rings. The van der Waals surface area contributed by atoms with Crippen LogP contribution in [0.15, 0.2) is 18.2 Å². The van der Waals surface area contributed by atoms with E-state index in [2.05, 4.69) is 15.2 Å². The molecule has 2 aromatic rings. The molecule has 0 atom stereocenters. The molecular formula is C26H31F3N4O3S. The van der Waals surface area contributed by atoms with Gasteiger partial charge in [-0.05, 0) is 68.7 Å². The largest absolute Gasteiger partial charge is 0.460 e. The van der Waals surface area contributed by atoms with Crippen molar-refractivity contribution >= 4 is 23.2 Å². The number of nitrogens with zero attached hydrogens (tertiary/aromatic N) is 3. The third-order valence-corrected chi connectivity index (χ3v) is 8.64. The summed E-state index contributed by atoms with van der Waals surface area (Å²) in [6.45, 7) is 1.60. The molecule has 5 rings (SSSR count). The topological polar surface area (TPSA) is 74.8 Å². The lowest BCUT2D eigenvalue weighted by Crippen LogP contribution is -2.38. The molecule has 2 amide bonds. The van der Waals surface area contributed by atoms with Gasteiger partial charge >= 0.3 is 6.18 Å². The van der Waals surface area contributed by atoms with Crippen LogP contribution in [0, 0.1) is 5.92 Å². The van der Waals surface area contributed by atoms with Gasteiger partial charge in [0.05, 0.1) is 5.69 Å². The van der Waals surface area contributed by atoms with Crippen LogP contribution in [-0.2, 0) is 19.5 Å². The zero-order valence-electron chi connectivity index (χ0n) is 20.8. The van der Waals surface area contributed by atoms with Gasteiger partial charge in [0.15, 0.2) is 6.61 Å². The number of hydrogen-bond donors (Lipinski definition) is 1. The molecule has 1 N–H and O–H groups in total. The van der Waals surface area contributed by atoms with Crippen molar-refractivity contribution < 1.29 is 27.5 Å². The van der Waals surface area contributed by atoms with Gasteiger partial charge in [-0.1, -0.05) is 17.4 Å². The van der Waals surface area contributed by atoms with Crippen LogP contribution in [-0.4, -0.2) is 65.6 Å². The molecule has 2 aliphatic heterocycles. The predicted molar refractivity (Wildman–Crippen MR) is 133 cm³/mol. The fraction of sp³-hybridized carbons (Fsp3) is 0.577. The smallest absolute Gasteiger partial charge is 0.422 e. The van der Waals surface area contributed by atoms with Gasteiger partial charge in [-0.15, -0.1) is 0 Å². The van der Waals surface area contributed by atoms with Gasteiger partial charge in [-0.2, -0.15) is 13.2 Å². The van der Waals surface area contributed by atoms with E-state index in [1.54, 1.807) is 30.1 Å². The lowest BCUT2D eigenvalue weighted by molar-refractivity contribution is -0.153. The van der Waals surface area contributed by atoms with Crippen molar-refractivity contribution in [2.45, 2.75) is 63.8 Å². The van der Waals surface area contributed by atoms with E-state index >= 15 is 0 Å². The number of carbonyl (C=O) groups is 2. The number of thiazole rings is 1. The molecule has 1 aromatic carbocycles. The molecule has 3 heterocycles. The minimum absolute atomic E-state index is 0.0416. The first kappa shape index (κ1) is 26.0. The predicted octanol–water partition coefficient (Wildman–Crippen LogP) is 4.41. The molecule has 37 heavy (non-hydrogen) atoms. The summed E-state index contributed by atoms with van der Waals surface area (Å²) in [6.07, 6.45) is 1.43. The van der Waals surface area contributed by atoms with Gasteiger partial charge in [0.25, 0.3) is 17.0 Å². The maximum atomic E-state index is 13.0. The quantitative estimate of drug-likeness (QED) is 0.568. The Bertz CT molecular complexity index is 1160. The van der Waals surface area contributed by atoms with Crippen LogP contribution in [0.3, 0.4) is 0 Å². The summed E-state index contributed by atoms with van der Waals surface area (Å²) in [5.41, 5.74) is 2.85. The number of hydrogen-bond acceptors (Lipinski definition) is 6. The van der Waals surface area contributed by atoms with E-state index < -0.39 is 12.8 Å². The van der Waals surface area contributed by atoms with Crippen LogP contribution in [0.5, 0.6) is 5.19 Å². The summed E-state index contributed by atoms with van der Waals surface area (Å²) < 4.78 is 42.1. The van der Waals surface area contributed by atoms with E-state index in [0.29, 0.717) is 30.1 Å². The van der Waals surface area contributed by atoms with Crippen LogP contribution in [0.2, 0.25) is 0 Å². The Morgan fingerprint density at radius 1 is 1.22 bits per heavy atom. The Hall–Kier alpha value is -2.66. The second-order valence-corrected chi connectivity index (χ2v) is 11.3. The molecular weight excluding hydrogens is 505 g/mol. The second-order valence-electron chi connectivity index (χ2n) is 10.3. The van der Waals surface area contributed by atoms with E-state index in [-0.39, 0.29) is 23.0 Å². The maximum Gasteiger partial charge on any atom is 0.422 e. The molecule has 0 bridgehead atoms. The molecule has 0 radical (unpaired) electrons. The molecule has 1 aliphatic carbocycles. The summed E-state index contributed by atoms with van der Waals surface area (Å²) >= 11 is 1.22. The van der Waals surface area contributed by atoms with Crippen LogP contribution < -0.4 is 10.1 Å².